The van der Waals surface area contributed by atoms with Crippen LogP contribution in [0.15, 0.2) is 54.6 Å². The maximum atomic E-state index is 5.97. The summed E-state index contributed by atoms with van der Waals surface area (Å²) in [6.07, 6.45) is 1.000. The molecule has 2 aromatic rings. The first-order valence-electron chi connectivity index (χ1n) is 7.19. The zero-order valence-electron chi connectivity index (χ0n) is 12.4. The van der Waals surface area contributed by atoms with E-state index < -0.39 is 0 Å². The van der Waals surface area contributed by atoms with Crippen LogP contribution in [0.25, 0.3) is 0 Å². The third-order valence-corrected chi connectivity index (χ3v) is 3.89. The van der Waals surface area contributed by atoms with Crippen LogP contribution >= 0.6 is 0 Å². The van der Waals surface area contributed by atoms with E-state index in [0.29, 0.717) is 12.6 Å². The molecule has 2 N–H and O–H groups in total. The van der Waals surface area contributed by atoms with Crippen LogP contribution in [0.5, 0.6) is 0 Å². The SMILES string of the molecule is Cc1ccccc1CN(C)C(CN)Cc1ccccc1. The summed E-state index contributed by atoms with van der Waals surface area (Å²) in [7, 11) is 2.16. The Kier molecular flexibility index (Phi) is 5.33. The largest absolute Gasteiger partial charge is 0.329 e. The summed E-state index contributed by atoms with van der Waals surface area (Å²) in [6, 6.07) is 19.5. The number of benzene rings is 2. The molecule has 0 saturated heterocycles. The average molecular weight is 268 g/mol. The first kappa shape index (κ1) is 14.8. The van der Waals surface area contributed by atoms with Crippen LogP contribution in [0.2, 0.25) is 0 Å². The normalized spacial score (nSPS) is 12.6. The quantitative estimate of drug-likeness (QED) is 0.872. The fourth-order valence-corrected chi connectivity index (χ4v) is 2.49. The predicted octanol–water partition coefficient (Wildman–Crippen LogP) is 3.00. The van der Waals surface area contributed by atoms with Gasteiger partial charge in [0, 0.05) is 19.1 Å². The van der Waals surface area contributed by atoms with Crippen molar-refractivity contribution in [3.63, 3.8) is 0 Å². The topological polar surface area (TPSA) is 29.3 Å². The van der Waals surface area contributed by atoms with Gasteiger partial charge in [-0.15, -0.1) is 0 Å². The second-order valence-corrected chi connectivity index (χ2v) is 5.42. The van der Waals surface area contributed by atoms with E-state index in [-0.39, 0.29) is 0 Å². The summed E-state index contributed by atoms with van der Waals surface area (Å²) in [6.45, 7) is 3.79. The highest BCUT2D eigenvalue weighted by Gasteiger charge is 2.14. The molecule has 2 rings (SSSR count). The summed E-state index contributed by atoms with van der Waals surface area (Å²) in [5, 5.41) is 0. The minimum atomic E-state index is 0.372. The van der Waals surface area contributed by atoms with Crippen molar-refractivity contribution in [1.82, 2.24) is 4.90 Å². The van der Waals surface area contributed by atoms with Gasteiger partial charge in [0.25, 0.3) is 0 Å². The van der Waals surface area contributed by atoms with E-state index in [0.717, 1.165) is 13.0 Å². The molecule has 1 atom stereocenters. The molecule has 0 heterocycles. The lowest BCUT2D eigenvalue weighted by atomic mass is 10.0. The number of likely N-dealkylation sites (N-methyl/N-ethyl adjacent to an activating group) is 1. The average Bonchev–Trinajstić information content (AvgIpc) is 2.48. The van der Waals surface area contributed by atoms with Gasteiger partial charge in [0.1, 0.15) is 0 Å². The number of nitrogens with two attached hydrogens (primary N) is 1. The lowest BCUT2D eigenvalue weighted by Gasteiger charge is -2.27. The Morgan fingerprint density at radius 1 is 1.00 bits per heavy atom. The van der Waals surface area contributed by atoms with Crippen molar-refractivity contribution in [2.24, 2.45) is 5.73 Å². The third-order valence-electron chi connectivity index (χ3n) is 3.89. The van der Waals surface area contributed by atoms with Crippen LogP contribution < -0.4 is 5.73 Å². The van der Waals surface area contributed by atoms with E-state index in [4.69, 9.17) is 5.73 Å². The first-order valence-corrected chi connectivity index (χ1v) is 7.19. The molecule has 0 amide bonds. The summed E-state index contributed by atoms with van der Waals surface area (Å²) in [4.78, 5) is 2.36. The van der Waals surface area contributed by atoms with Gasteiger partial charge in [0.15, 0.2) is 0 Å². The molecule has 0 fully saturated rings. The van der Waals surface area contributed by atoms with Gasteiger partial charge in [-0.25, -0.2) is 0 Å². The van der Waals surface area contributed by atoms with E-state index in [1.807, 2.05) is 0 Å². The molecular weight excluding hydrogens is 244 g/mol. The molecule has 2 nitrogen and oxygen atoms in total. The van der Waals surface area contributed by atoms with E-state index in [1.54, 1.807) is 0 Å². The Morgan fingerprint density at radius 3 is 2.30 bits per heavy atom. The molecule has 2 heteroatoms. The zero-order valence-corrected chi connectivity index (χ0v) is 12.4. The lowest BCUT2D eigenvalue weighted by Crippen LogP contribution is -2.39. The minimum absolute atomic E-state index is 0.372. The van der Waals surface area contributed by atoms with Gasteiger partial charge < -0.3 is 5.73 Å². The van der Waals surface area contributed by atoms with Crippen molar-refractivity contribution in [1.29, 1.82) is 0 Å². The van der Waals surface area contributed by atoms with Crippen molar-refractivity contribution >= 4 is 0 Å². The van der Waals surface area contributed by atoms with Gasteiger partial charge in [-0.3, -0.25) is 4.90 Å². The fourth-order valence-electron chi connectivity index (χ4n) is 2.49. The second kappa shape index (κ2) is 7.22. The highest BCUT2D eigenvalue weighted by atomic mass is 15.1. The lowest BCUT2D eigenvalue weighted by molar-refractivity contribution is 0.236. The van der Waals surface area contributed by atoms with Crippen LogP contribution in [0.4, 0.5) is 0 Å². The molecule has 0 bridgehead atoms. The minimum Gasteiger partial charge on any atom is -0.329 e. The second-order valence-electron chi connectivity index (χ2n) is 5.42. The van der Waals surface area contributed by atoms with E-state index in [1.165, 1.54) is 16.7 Å². The van der Waals surface area contributed by atoms with Crippen molar-refractivity contribution in [2.45, 2.75) is 25.9 Å². The van der Waals surface area contributed by atoms with Crippen LogP contribution in [0.1, 0.15) is 16.7 Å². The molecule has 0 aromatic heterocycles. The molecule has 106 valence electrons. The first-order chi connectivity index (χ1) is 9.70. The zero-order chi connectivity index (χ0) is 14.4. The monoisotopic (exact) mass is 268 g/mol. The van der Waals surface area contributed by atoms with Crippen LogP contribution in [-0.4, -0.2) is 24.5 Å². The molecular formula is C18H24N2. The Bertz CT molecular complexity index is 522. The number of aryl methyl sites for hydroxylation is 1. The van der Waals surface area contributed by atoms with Crippen molar-refractivity contribution in [3.8, 4) is 0 Å². The number of hydrogen-bond acceptors (Lipinski definition) is 2. The van der Waals surface area contributed by atoms with Gasteiger partial charge >= 0.3 is 0 Å². The Labute approximate surface area is 122 Å². The molecule has 0 aliphatic carbocycles. The molecule has 0 aliphatic heterocycles. The predicted molar refractivity (Wildman–Crippen MR) is 85.6 cm³/mol. The Morgan fingerprint density at radius 2 is 1.65 bits per heavy atom. The van der Waals surface area contributed by atoms with E-state index in [9.17, 15) is 0 Å². The number of rotatable bonds is 6. The van der Waals surface area contributed by atoms with Crippen LogP contribution in [0.3, 0.4) is 0 Å². The maximum Gasteiger partial charge on any atom is 0.0259 e. The highest BCUT2D eigenvalue weighted by Crippen LogP contribution is 2.13. The highest BCUT2D eigenvalue weighted by molar-refractivity contribution is 5.25. The summed E-state index contributed by atoms with van der Waals surface area (Å²) < 4.78 is 0. The molecule has 2 aromatic carbocycles. The van der Waals surface area contributed by atoms with Crippen molar-refractivity contribution in [3.05, 3.63) is 71.3 Å². The Hall–Kier alpha value is -1.64. The molecule has 20 heavy (non-hydrogen) atoms. The van der Waals surface area contributed by atoms with E-state index in [2.05, 4.69) is 73.5 Å². The maximum absolute atomic E-state index is 5.97. The van der Waals surface area contributed by atoms with Crippen molar-refractivity contribution < 1.29 is 0 Å². The molecule has 0 aliphatic rings. The molecule has 0 radical (unpaired) electrons. The van der Waals surface area contributed by atoms with Crippen LogP contribution in [0, 0.1) is 6.92 Å². The summed E-state index contributed by atoms with van der Waals surface area (Å²) in [5.41, 5.74) is 10.0. The smallest absolute Gasteiger partial charge is 0.0259 e. The number of hydrogen-bond donors (Lipinski definition) is 1. The third kappa shape index (κ3) is 3.92. The molecule has 0 spiro atoms. The van der Waals surface area contributed by atoms with Gasteiger partial charge in [-0.05, 0) is 37.1 Å². The summed E-state index contributed by atoms with van der Waals surface area (Å²) in [5.74, 6) is 0. The number of nitrogens with zero attached hydrogens (tertiary/aromatic N) is 1. The standard InChI is InChI=1S/C18H24N2/c1-15-8-6-7-11-17(15)14-20(2)18(13-19)12-16-9-4-3-5-10-16/h3-11,18H,12-14,19H2,1-2H3. The molecule has 1 unspecified atom stereocenters. The van der Waals surface area contributed by atoms with Crippen molar-refractivity contribution in [2.75, 3.05) is 13.6 Å². The van der Waals surface area contributed by atoms with Gasteiger partial charge in [-0.1, -0.05) is 54.6 Å². The Balaban J connectivity index is 2.02. The fraction of sp³-hybridized carbons (Fsp3) is 0.333. The van der Waals surface area contributed by atoms with E-state index >= 15 is 0 Å². The van der Waals surface area contributed by atoms with Gasteiger partial charge in [0.05, 0.1) is 0 Å². The van der Waals surface area contributed by atoms with Gasteiger partial charge in [0.2, 0.25) is 0 Å². The van der Waals surface area contributed by atoms with Crippen LogP contribution in [-0.2, 0) is 13.0 Å². The van der Waals surface area contributed by atoms with Gasteiger partial charge in [-0.2, -0.15) is 0 Å². The summed E-state index contributed by atoms with van der Waals surface area (Å²) >= 11 is 0. The molecule has 0 saturated carbocycles.